The molecule has 0 spiro atoms. The van der Waals surface area contributed by atoms with Gasteiger partial charge in [-0.25, -0.2) is 14.6 Å². The second kappa shape index (κ2) is 9.33. The van der Waals surface area contributed by atoms with Crippen LogP contribution in [0.25, 0.3) is 28.6 Å². The number of fused-ring (bicyclic) bond motifs is 1. The minimum absolute atomic E-state index is 0.121. The molecule has 2 aromatic heterocycles. The number of H-pyrrole nitrogens is 1. The summed E-state index contributed by atoms with van der Waals surface area (Å²) >= 11 is 0. The van der Waals surface area contributed by atoms with Crippen molar-refractivity contribution in [3.8, 4) is 11.4 Å². The van der Waals surface area contributed by atoms with Crippen LogP contribution in [0, 0.1) is 0 Å². The fraction of sp³-hybridized carbons (Fsp3) is 0.300. The Kier molecular flexibility index (Phi) is 6.60. The number of aromatic amines is 1. The number of carboxylic acid groups (broad SMARTS) is 1. The van der Waals surface area contributed by atoms with Crippen molar-refractivity contribution in [1.82, 2.24) is 19.1 Å². The van der Waals surface area contributed by atoms with E-state index in [1.807, 2.05) is 0 Å². The summed E-state index contributed by atoms with van der Waals surface area (Å²) < 4.78 is 12.6. The highest BCUT2D eigenvalue weighted by molar-refractivity contribution is 5.85. The summed E-state index contributed by atoms with van der Waals surface area (Å²) in [6, 6.07) is 6.97. The monoisotopic (exact) mass is 414 g/mol. The van der Waals surface area contributed by atoms with Crippen LogP contribution in [0.2, 0.25) is 0 Å². The van der Waals surface area contributed by atoms with Crippen molar-refractivity contribution in [3.63, 3.8) is 0 Å². The van der Waals surface area contributed by atoms with Gasteiger partial charge in [-0.05, 0) is 11.6 Å². The highest BCUT2D eigenvalue weighted by atomic mass is 16.5. The van der Waals surface area contributed by atoms with Crippen LogP contribution in [0.5, 0.6) is 0 Å². The number of hydrogen-bond acceptors (Lipinski definition) is 6. The quantitative estimate of drug-likeness (QED) is 0.499. The van der Waals surface area contributed by atoms with Gasteiger partial charge < -0.3 is 19.6 Å². The molecule has 3 aromatic rings. The SMILES string of the molecule is COCCn1c(=O)c2[nH]c(-c3ccc(/C=C/C(=O)O)cc3)nc2n(CCOC)c1=O. The first-order valence-corrected chi connectivity index (χ1v) is 9.19. The fourth-order valence-corrected chi connectivity index (χ4v) is 2.99. The first-order chi connectivity index (χ1) is 14.5. The van der Waals surface area contributed by atoms with Crippen molar-refractivity contribution in [1.29, 1.82) is 0 Å². The van der Waals surface area contributed by atoms with Gasteiger partial charge in [0.15, 0.2) is 5.65 Å². The number of methoxy groups -OCH3 is 2. The van der Waals surface area contributed by atoms with Crippen molar-refractivity contribution in [2.45, 2.75) is 13.1 Å². The zero-order chi connectivity index (χ0) is 21.7. The highest BCUT2D eigenvalue weighted by Gasteiger charge is 2.17. The second-order valence-electron chi connectivity index (χ2n) is 6.45. The van der Waals surface area contributed by atoms with Gasteiger partial charge in [-0.15, -0.1) is 0 Å². The molecule has 10 nitrogen and oxygen atoms in total. The Morgan fingerprint density at radius 2 is 1.73 bits per heavy atom. The lowest BCUT2D eigenvalue weighted by Crippen LogP contribution is -2.41. The number of carboxylic acids is 1. The smallest absolute Gasteiger partial charge is 0.332 e. The molecule has 0 saturated heterocycles. The predicted molar refractivity (Wildman–Crippen MR) is 110 cm³/mol. The van der Waals surface area contributed by atoms with E-state index in [0.717, 1.165) is 10.6 Å². The van der Waals surface area contributed by atoms with Gasteiger partial charge in [-0.2, -0.15) is 0 Å². The molecule has 0 saturated carbocycles. The van der Waals surface area contributed by atoms with Crippen LogP contribution in [-0.4, -0.2) is 57.6 Å². The van der Waals surface area contributed by atoms with Crippen LogP contribution < -0.4 is 11.2 Å². The lowest BCUT2D eigenvalue weighted by molar-refractivity contribution is -0.131. The molecule has 0 radical (unpaired) electrons. The molecule has 0 atom stereocenters. The summed E-state index contributed by atoms with van der Waals surface area (Å²) in [5.41, 5.74) is 0.907. The van der Waals surface area contributed by atoms with Gasteiger partial charge in [-0.1, -0.05) is 24.3 Å². The van der Waals surface area contributed by atoms with Gasteiger partial charge in [0.25, 0.3) is 5.56 Å². The Labute approximate surface area is 171 Å². The van der Waals surface area contributed by atoms with E-state index in [2.05, 4.69) is 9.97 Å². The highest BCUT2D eigenvalue weighted by Crippen LogP contribution is 2.19. The van der Waals surface area contributed by atoms with Gasteiger partial charge in [0.1, 0.15) is 11.3 Å². The molecule has 0 bridgehead atoms. The maximum absolute atomic E-state index is 12.9. The van der Waals surface area contributed by atoms with E-state index < -0.39 is 17.2 Å². The molecule has 0 unspecified atom stereocenters. The average molecular weight is 414 g/mol. The van der Waals surface area contributed by atoms with E-state index in [9.17, 15) is 14.4 Å². The molecule has 30 heavy (non-hydrogen) atoms. The number of aromatic nitrogens is 4. The van der Waals surface area contributed by atoms with Crippen LogP contribution in [0.15, 0.2) is 39.9 Å². The molecule has 10 heteroatoms. The maximum Gasteiger partial charge on any atom is 0.332 e. The Morgan fingerprint density at radius 3 is 2.33 bits per heavy atom. The minimum Gasteiger partial charge on any atom is -0.478 e. The first-order valence-electron chi connectivity index (χ1n) is 9.19. The third kappa shape index (κ3) is 4.39. The van der Waals surface area contributed by atoms with E-state index in [1.54, 1.807) is 24.3 Å². The van der Waals surface area contributed by atoms with Crippen LogP contribution in [0.1, 0.15) is 5.56 Å². The van der Waals surface area contributed by atoms with Crippen LogP contribution in [0.4, 0.5) is 0 Å². The molecule has 2 N–H and O–H groups in total. The summed E-state index contributed by atoms with van der Waals surface area (Å²) in [6.07, 6.45) is 2.52. The van der Waals surface area contributed by atoms with Crippen molar-refractivity contribution in [2.75, 3.05) is 27.4 Å². The molecule has 2 heterocycles. The summed E-state index contributed by atoms with van der Waals surface area (Å²) in [4.78, 5) is 43.8. The molecule has 0 aliphatic heterocycles. The summed E-state index contributed by atoms with van der Waals surface area (Å²) in [5, 5.41) is 8.72. The zero-order valence-corrected chi connectivity index (χ0v) is 16.6. The second-order valence-corrected chi connectivity index (χ2v) is 6.45. The van der Waals surface area contributed by atoms with Gasteiger partial charge >= 0.3 is 11.7 Å². The summed E-state index contributed by atoms with van der Waals surface area (Å²) in [7, 11) is 3.02. The number of hydrogen-bond donors (Lipinski definition) is 2. The number of carbonyl (C=O) groups is 1. The Bertz CT molecular complexity index is 1190. The number of rotatable bonds is 9. The molecule has 158 valence electrons. The van der Waals surface area contributed by atoms with E-state index >= 15 is 0 Å². The van der Waals surface area contributed by atoms with Crippen LogP contribution in [0.3, 0.4) is 0 Å². The van der Waals surface area contributed by atoms with Crippen LogP contribution in [-0.2, 0) is 27.4 Å². The standard InChI is InChI=1S/C20H22N4O6/c1-29-11-9-23-18-16(19(27)24(20(23)28)10-12-30-2)21-17(22-18)14-6-3-13(4-7-14)5-8-15(25)26/h3-8H,9-12H2,1-2H3,(H,21,22)(H,25,26)/b8-5+. The summed E-state index contributed by atoms with van der Waals surface area (Å²) in [6.45, 7) is 0.861. The minimum atomic E-state index is -1.03. The number of benzene rings is 1. The Hall–Kier alpha value is -3.50. The number of nitrogens with zero attached hydrogens (tertiary/aromatic N) is 3. The number of ether oxygens (including phenoxy) is 2. The molecule has 0 fully saturated rings. The van der Waals surface area contributed by atoms with Crippen molar-refractivity contribution in [3.05, 3.63) is 56.7 Å². The van der Waals surface area contributed by atoms with Gasteiger partial charge in [0.05, 0.1) is 26.3 Å². The van der Waals surface area contributed by atoms with E-state index in [-0.39, 0.29) is 37.5 Å². The van der Waals surface area contributed by atoms with Gasteiger partial charge in [0, 0.05) is 25.9 Å². The largest absolute Gasteiger partial charge is 0.478 e. The number of nitrogens with one attached hydrogen (secondary N) is 1. The zero-order valence-electron chi connectivity index (χ0n) is 16.6. The van der Waals surface area contributed by atoms with Gasteiger partial charge in [-0.3, -0.25) is 13.9 Å². The molecular weight excluding hydrogens is 392 g/mol. The Balaban J connectivity index is 2.10. The van der Waals surface area contributed by atoms with E-state index in [4.69, 9.17) is 14.6 Å². The average Bonchev–Trinajstić information content (AvgIpc) is 3.18. The van der Waals surface area contributed by atoms with E-state index in [1.165, 1.54) is 24.9 Å². The first kappa shape index (κ1) is 21.2. The van der Waals surface area contributed by atoms with Crippen molar-refractivity contribution in [2.24, 2.45) is 0 Å². The third-order valence-electron chi connectivity index (χ3n) is 4.50. The van der Waals surface area contributed by atoms with Crippen molar-refractivity contribution < 1.29 is 19.4 Å². The normalized spacial score (nSPS) is 11.5. The topological polar surface area (TPSA) is 128 Å². The molecule has 0 amide bonds. The van der Waals surface area contributed by atoms with Crippen LogP contribution >= 0.6 is 0 Å². The predicted octanol–water partition coefficient (Wildman–Crippen LogP) is 0.944. The number of imidazole rings is 1. The molecule has 3 rings (SSSR count). The molecule has 0 aliphatic carbocycles. The van der Waals surface area contributed by atoms with Crippen molar-refractivity contribution >= 4 is 23.2 Å². The molecular formula is C20H22N4O6. The Morgan fingerprint density at radius 1 is 1.10 bits per heavy atom. The maximum atomic E-state index is 12.9. The number of aliphatic carboxylic acids is 1. The lowest BCUT2D eigenvalue weighted by Gasteiger charge is -2.10. The van der Waals surface area contributed by atoms with E-state index in [0.29, 0.717) is 17.0 Å². The lowest BCUT2D eigenvalue weighted by atomic mass is 10.1. The summed E-state index contributed by atoms with van der Waals surface area (Å²) in [5.74, 6) is -0.610. The third-order valence-corrected chi connectivity index (χ3v) is 4.50. The fourth-order valence-electron chi connectivity index (χ4n) is 2.99. The van der Waals surface area contributed by atoms with Gasteiger partial charge in [0.2, 0.25) is 0 Å². The molecule has 0 aliphatic rings. The molecule has 1 aromatic carbocycles.